The molecule has 5 rings (SSSR count). The Balaban J connectivity index is 0.00000102. The molecule has 1 saturated heterocycles. The molecule has 2 N–H and O–H groups in total. The maximum absolute atomic E-state index is 12.7. The molecule has 2 aliphatic heterocycles. The number of aryl methyl sites for hydroxylation is 1. The molecule has 37 heavy (non-hydrogen) atoms. The highest BCUT2D eigenvalue weighted by molar-refractivity contribution is 8.00. The quantitative estimate of drug-likeness (QED) is 0.326. The fourth-order valence-electron chi connectivity index (χ4n) is 4.00. The van der Waals surface area contributed by atoms with Crippen molar-refractivity contribution in [2.24, 2.45) is 0 Å². The number of methoxy groups -OCH3 is 1. The van der Waals surface area contributed by atoms with Gasteiger partial charge >= 0.3 is 6.03 Å². The van der Waals surface area contributed by atoms with Gasteiger partial charge in [-0.05, 0) is 54.6 Å². The number of nitrogens with one attached hydrogen (secondary N) is 2. The summed E-state index contributed by atoms with van der Waals surface area (Å²) in [4.78, 5) is 32.2. The Hall–Kier alpha value is -3.12. The second kappa shape index (κ2) is 13.4. The number of rotatable bonds is 6. The lowest BCUT2D eigenvalue weighted by Gasteiger charge is -2.29. The van der Waals surface area contributed by atoms with Crippen LogP contribution in [0.1, 0.15) is 21.7 Å². The highest BCUT2D eigenvalue weighted by atomic mass is 32.2. The van der Waals surface area contributed by atoms with Gasteiger partial charge in [-0.2, -0.15) is 0 Å². The lowest BCUT2D eigenvalue weighted by molar-refractivity contribution is 0.112. The Morgan fingerprint density at radius 3 is 2.68 bits per heavy atom. The number of carbonyl (C=O) groups is 2. The van der Waals surface area contributed by atoms with Crippen molar-refractivity contribution in [1.29, 1.82) is 0 Å². The summed E-state index contributed by atoms with van der Waals surface area (Å²) in [5, 5.41) is 6.30. The molecule has 9 nitrogen and oxygen atoms in total. The maximum Gasteiger partial charge on any atom is 0.324 e. The summed E-state index contributed by atoms with van der Waals surface area (Å²) in [7, 11) is 3.25. The Bertz CT molecular complexity index is 1200. The van der Waals surface area contributed by atoms with Crippen LogP contribution in [-0.2, 0) is 15.9 Å². The summed E-state index contributed by atoms with van der Waals surface area (Å²) in [5.41, 5.74) is 3.28. The third-order valence-corrected chi connectivity index (χ3v) is 7.74. The van der Waals surface area contributed by atoms with Crippen LogP contribution in [0.25, 0.3) is 0 Å². The predicted molar refractivity (Wildman–Crippen MR) is 151 cm³/mol. The van der Waals surface area contributed by atoms with Crippen LogP contribution in [0.2, 0.25) is 0 Å². The summed E-state index contributed by atoms with van der Waals surface area (Å²) < 4.78 is 11.9. The fraction of sp³-hybridized carbons (Fsp3) is 0.346. The van der Waals surface area contributed by atoms with Crippen molar-refractivity contribution in [3.05, 3.63) is 59.0 Å². The average molecular weight is 542 g/mol. The second-order valence-corrected chi connectivity index (χ2v) is 10.5. The van der Waals surface area contributed by atoms with Crippen molar-refractivity contribution in [2.45, 2.75) is 17.7 Å². The van der Waals surface area contributed by atoms with Crippen LogP contribution in [0.5, 0.6) is 0 Å². The topological polar surface area (TPSA) is 96.0 Å². The summed E-state index contributed by atoms with van der Waals surface area (Å²) in [6.07, 6.45) is 2.94. The summed E-state index contributed by atoms with van der Waals surface area (Å²) >= 11 is 2.94. The molecule has 2 aromatic carbocycles. The highest BCUT2D eigenvalue weighted by Gasteiger charge is 2.20. The largest absolute Gasteiger partial charge is 0.388 e. The average Bonchev–Trinajstić information content (AvgIpc) is 3.33. The Morgan fingerprint density at radius 1 is 1.11 bits per heavy atom. The number of fused-ring (bicyclic) bond motifs is 1. The van der Waals surface area contributed by atoms with Crippen molar-refractivity contribution < 1.29 is 19.1 Å². The monoisotopic (exact) mass is 541 g/mol. The van der Waals surface area contributed by atoms with Gasteiger partial charge in [0.15, 0.2) is 17.2 Å². The zero-order chi connectivity index (χ0) is 26.0. The minimum absolute atomic E-state index is 0.273. The molecule has 3 aromatic rings. The van der Waals surface area contributed by atoms with Crippen LogP contribution in [0, 0.1) is 0 Å². The minimum Gasteiger partial charge on any atom is -0.388 e. The summed E-state index contributed by atoms with van der Waals surface area (Å²) in [5.74, 6) is 0.273. The number of amides is 2. The molecule has 2 aliphatic rings. The predicted octanol–water partition coefficient (Wildman–Crippen LogP) is 5.16. The van der Waals surface area contributed by atoms with Gasteiger partial charge < -0.3 is 24.0 Å². The van der Waals surface area contributed by atoms with Gasteiger partial charge in [0.2, 0.25) is 0 Å². The first-order valence-electron chi connectivity index (χ1n) is 12.0. The van der Waals surface area contributed by atoms with Gasteiger partial charge in [0, 0.05) is 44.4 Å². The maximum atomic E-state index is 12.7. The van der Waals surface area contributed by atoms with Gasteiger partial charge in [-0.15, -0.1) is 0 Å². The molecule has 1 aromatic heterocycles. The molecule has 0 aliphatic carbocycles. The van der Waals surface area contributed by atoms with Crippen molar-refractivity contribution in [3.8, 4) is 0 Å². The SMILES string of the molecule is COC.O=Cc1sc(N2CCOCC2)nc1NC(=O)Nc1cccc(SN2CCCc3ccccc32)c1. The van der Waals surface area contributed by atoms with E-state index >= 15 is 0 Å². The number of nitrogens with zero attached hydrogens (tertiary/aromatic N) is 3. The molecule has 2 amide bonds. The van der Waals surface area contributed by atoms with Crippen molar-refractivity contribution in [3.63, 3.8) is 0 Å². The standard InChI is InChI=1S/C24H25N5O3S2.C2H6O/c30-16-21-22(27-24(33-21)28-11-13-32-14-12-28)26-23(31)25-18-7-3-8-19(15-18)34-29-10-4-6-17-5-1-2-9-20(17)29;1-3-2/h1-3,5,7-9,15-16H,4,6,10-14H2,(H2,25,26,31);1-2H3. The third-order valence-electron chi connectivity index (χ3n) is 5.64. The van der Waals surface area contributed by atoms with E-state index in [2.05, 4.69) is 53.8 Å². The van der Waals surface area contributed by atoms with Gasteiger partial charge in [-0.3, -0.25) is 10.1 Å². The van der Waals surface area contributed by atoms with Gasteiger partial charge in [-0.1, -0.05) is 35.6 Å². The van der Waals surface area contributed by atoms with E-state index in [1.165, 1.54) is 22.6 Å². The van der Waals surface area contributed by atoms with E-state index in [9.17, 15) is 9.59 Å². The van der Waals surface area contributed by atoms with Crippen LogP contribution in [-0.4, -0.2) is 64.4 Å². The molecule has 0 atom stereocenters. The van der Waals surface area contributed by atoms with E-state index in [1.54, 1.807) is 26.2 Å². The van der Waals surface area contributed by atoms with E-state index in [1.807, 2.05) is 24.3 Å². The first kappa shape index (κ1) is 26.9. The van der Waals surface area contributed by atoms with Crippen LogP contribution in [0.4, 0.5) is 27.1 Å². The number of aromatic nitrogens is 1. The molecule has 0 spiro atoms. The van der Waals surface area contributed by atoms with Crippen molar-refractivity contribution >= 4 is 57.9 Å². The smallest absolute Gasteiger partial charge is 0.324 e. The molecule has 0 unspecified atom stereocenters. The molecule has 196 valence electrons. The van der Waals surface area contributed by atoms with E-state index in [-0.39, 0.29) is 5.82 Å². The lowest BCUT2D eigenvalue weighted by Crippen LogP contribution is -2.36. The van der Waals surface area contributed by atoms with Crippen LogP contribution in [0.3, 0.4) is 0 Å². The van der Waals surface area contributed by atoms with Crippen molar-refractivity contribution in [2.75, 3.05) is 66.9 Å². The number of thiazole rings is 1. The molecular weight excluding hydrogens is 510 g/mol. The molecule has 11 heteroatoms. The molecule has 3 heterocycles. The number of aldehydes is 1. The number of anilines is 4. The number of para-hydroxylation sites is 1. The van der Waals surface area contributed by atoms with Crippen molar-refractivity contribution in [1.82, 2.24) is 4.98 Å². The normalized spacial score (nSPS) is 14.8. The van der Waals surface area contributed by atoms with E-state index in [0.717, 1.165) is 30.6 Å². The van der Waals surface area contributed by atoms with Gasteiger partial charge in [-0.25, -0.2) is 9.78 Å². The van der Waals surface area contributed by atoms with Crippen LogP contribution < -0.4 is 19.8 Å². The highest BCUT2D eigenvalue weighted by Crippen LogP contribution is 2.36. The Kier molecular flexibility index (Phi) is 9.78. The van der Waals surface area contributed by atoms with E-state index < -0.39 is 6.03 Å². The van der Waals surface area contributed by atoms with E-state index in [0.29, 0.717) is 42.0 Å². The number of ether oxygens (including phenoxy) is 2. The fourth-order valence-corrected chi connectivity index (χ4v) is 5.96. The number of hydrogen-bond donors (Lipinski definition) is 2. The van der Waals surface area contributed by atoms with Crippen LogP contribution in [0.15, 0.2) is 53.4 Å². The Morgan fingerprint density at radius 2 is 1.89 bits per heavy atom. The molecule has 0 saturated carbocycles. The summed E-state index contributed by atoms with van der Waals surface area (Å²) in [6, 6.07) is 15.8. The number of morpholine rings is 1. The van der Waals surface area contributed by atoms with Gasteiger partial charge in [0.05, 0.1) is 18.9 Å². The lowest BCUT2D eigenvalue weighted by atomic mass is 10.0. The molecular formula is C26H31N5O4S2. The van der Waals surface area contributed by atoms with Crippen LogP contribution >= 0.6 is 23.3 Å². The zero-order valence-electron chi connectivity index (χ0n) is 20.9. The number of carbonyl (C=O) groups excluding carboxylic acids is 2. The molecule has 1 fully saturated rings. The number of urea groups is 1. The van der Waals surface area contributed by atoms with Gasteiger partial charge in [0.25, 0.3) is 0 Å². The zero-order valence-corrected chi connectivity index (χ0v) is 22.6. The van der Waals surface area contributed by atoms with E-state index in [4.69, 9.17) is 4.74 Å². The first-order valence-corrected chi connectivity index (χ1v) is 13.6. The second-order valence-electron chi connectivity index (χ2n) is 8.37. The summed E-state index contributed by atoms with van der Waals surface area (Å²) in [6.45, 7) is 3.64. The van der Waals surface area contributed by atoms with Gasteiger partial charge in [0.1, 0.15) is 4.88 Å². The number of benzene rings is 2. The Labute approximate surface area is 225 Å². The first-order chi connectivity index (χ1) is 18.1. The minimum atomic E-state index is -0.438. The molecule has 0 radical (unpaired) electrons. The number of hydrogen-bond acceptors (Lipinski definition) is 9. The third kappa shape index (κ3) is 7.22. The molecule has 0 bridgehead atoms.